The van der Waals surface area contributed by atoms with E-state index in [1.807, 2.05) is 0 Å². The summed E-state index contributed by atoms with van der Waals surface area (Å²) in [7, 11) is 0. The van der Waals surface area contributed by atoms with Crippen LogP contribution < -0.4 is 5.32 Å². The average Bonchev–Trinajstić information content (AvgIpc) is 2.49. The molecule has 1 amide bonds. The van der Waals surface area contributed by atoms with Gasteiger partial charge in [0.25, 0.3) is 0 Å². The zero-order valence-corrected chi connectivity index (χ0v) is 14.6. The first-order valence-corrected chi connectivity index (χ1v) is 8.31. The van der Waals surface area contributed by atoms with Gasteiger partial charge in [0.15, 0.2) is 0 Å². The number of rotatable bonds is 4. The third-order valence-corrected chi connectivity index (χ3v) is 4.66. The van der Waals surface area contributed by atoms with Gasteiger partial charge in [-0.05, 0) is 45.0 Å². The molecule has 1 unspecified atom stereocenters. The van der Waals surface area contributed by atoms with E-state index in [2.05, 4.69) is 61.9 Å². The van der Waals surface area contributed by atoms with Crippen LogP contribution in [0.4, 0.5) is 5.69 Å². The third kappa shape index (κ3) is 3.68. The molecule has 1 aliphatic heterocycles. The Balaban J connectivity index is 2.16. The van der Waals surface area contributed by atoms with E-state index in [-0.39, 0.29) is 11.9 Å². The normalized spacial score (nSPS) is 20.1. The second-order valence-electron chi connectivity index (χ2n) is 6.30. The van der Waals surface area contributed by atoms with Gasteiger partial charge in [0, 0.05) is 25.3 Å². The minimum atomic E-state index is -0.0567. The zero-order valence-electron chi connectivity index (χ0n) is 14.6. The van der Waals surface area contributed by atoms with E-state index < -0.39 is 0 Å². The standard InChI is InChI=1S/C18H29N3O/c1-6-20-8-9-21(7-2)16(12-20)18(22)19-17-14(4)10-13(3)11-15(17)5/h10-11,16H,6-9,12H2,1-5H3,(H,19,22). The number of nitrogens with zero attached hydrogens (tertiary/aromatic N) is 2. The highest BCUT2D eigenvalue weighted by molar-refractivity contribution is 5.96. The Morgan fingerprint density at radius 1 is 1.14 bits per heavy atom. The lowest BCUT2D eigenvalue weighted by molar-refractivity contribution is -0.123. The number of likely N-dealkylation sites (N-methyl/N-ethyl adjacent to an activating group) is 2. The maximum Gasteiger partial charge on any atom is 0.243 e. The Morgan fingerprint density at radius 3 is 2.32 bits per heavy atom. The molecule has 0 radical (unpaired) electrons. The Morgan fingerprint density at radius 2 is 1.77 bits per heavy atom. The summed E-state index contributed by atoms with van der Waals surface area (Å²) in [4.78, 5) is 17.4. The van der Waals surface area contributed by atoms with Crippen molar-refractivity contribution in [3.63, 3.8) is 0 Å². The van der Waals surface area contributed by atoms with Gasteiger partial charge in [0.1, 0.15) is 6.04 Å². The molecule has 0 aromatic heterocycles. The van der Waals surface area contributed by atoms with Gasteiger partial charge in [-0.3, -0.25) is 9.69 Å². The van der Waals surface area contributed by atoms with Crippen molar-refractivity contribution < 1.29 is 4.79 Å². The van der Waals surface area contributed by atoms with Crippen LogP contribution in [0.1, 0.15) is 30.5 Å². The highest BCUT2D eigenvalue weighted by Gasteiger charge is 2.31. The van der Waals surface area contributed by atoms with Gasteiger partial charge in [-0.25, -0.2) is 0 Å². The number of hydrogen-bond donors (Lipinski definition) is 1. The summed E-state index contributed by atoms with van der Waals surface area (Å²) in [5, 5.41) is 3.18. The van der Waals surface area contributed by atoms with Crippen molar-refractivity contribution in [1.82, 2.24) is 9.80 Å². The molecular formula is C18H29N3O. The van der Waals surface area contributed by atoms with Gasteiger partial charge in [0.2, 0.25) is 5.91 Å². The Hall–Kier alpha value is -1.39. The van der Waals surface area contributed by atoms with E-state index in [0.717, 1.165) is 49.5 Å². The van der Waals surface area contributed by atoms with Crippen LogP contribution in [-0.2, 0) is 4.79 Å². The SMILES string of the molecule is CCN1CCN(CC)C(C(=O)Nc2c(C)cc(C)cc2C)C1. The summed E-state index contributed by atoms with van der Waals surface area (Å²) < 4.78 is 0. The van der Waals surface area contributed by atoms with Crippen LogP contribution in [-0.4, -0.2) is 54.5 Å². The molecule has 4 heteroatoms. The van der Waals surface area contributed by atoms with Crippen LogP contribution in [0.25, 0.3) is 0 Å². The molecule has 1 saturated heterocycles. The van der Waals surface area contributed by atoms with Crippen molar-refractivity contribution in [3.05, 3.63) is 28.8 Å². The first kappa shape index (κ1) is 17.0. The molecule has 1 atom stereocenters. The monoisotopic (exact) mass is 303 g/mol. The fourth-order valence-electron chi connectivity index (χ4n) is 3.38. The van der Waals surface area contributed by atoms with Crippen LogP contribution in [0.3, 0.4) is 0 Å². The van der Waals surface area contributed by atoms with Crippen LogP contribution in [0.5, 0.6) is 0 Å². The molecule has 0 saturated carbocycles. The molecule has 4 nitrogen and oxygen atoms in total. The fraction of sp³-hybridized carbons (Fsp3) is 0.611. The van der Waals surface area contributed by atoms with Crippen molar-refractivity contribution in [2.24, 2.45) is 0 Å². The number of anilines is 1. The van der Waals surface area contributed by atoms with E-state index in [1.165, 1.54) is 5.56 Å². The van der Waals surface area contributed by atoms with Crippen molar-refractivity contribution in [3.8, 4) is 0 Å². The summed E-state index contributed by atoms with van der Waals surface area (Å²) in [6.45, 7) is 15.3. The second-order valence-corrected chi connectivity index (χ2v) is 6.30. The number of carbonyl (C=O) groups is 1. The number of piperazine rings is 1. The maximum atomic E-state index is 12.8. The fourth-order valence-corrected chi connectivity index (χ4v) is 3.38. The number of amides is 1. The van der Waals surface area contributed by atoms with Crippen molar-refractivity contribution in [2.45, 2.75) is 40.7 Å². The first-order valence-electron chi connectivity index (χ1n) is 8.31. The molecule has 22 heavy (non-hydrogen) atoms. The quantitative estimate of drug-likeness (QED) is 0.928. The van der Waals surface area contributed by atoms with E-state index in [9.17, 15) is 4.79 Å². The predicted octanol–water partition coefficient (Wildman–Crippen LogP) is 2.58. The molecule has 1 fully saturated rings. The summed E-state index contributed by atoms with van der Waals surface area (Å²) in [5.74, 6) is 0.120. The molecular weight excluding hydrogens is 274 g/mol. The smallest absolute Gasteiger partial charge is 0.243 e. The van der Waals surface area contributed by atoms with Gasteiger partial charge in [-0.1, -0.05) is 31.5 Å². The number of nitrogens with one attached hydrogen (secondary N) is 1. The molecule has 1 heterocycles. The Bertz CT molecular complexity index is 518. The summed E-state index contributed by atoms with van der Waals surface area (Å²) >= 11 is 0. The second kappa shape index (κ2) is 7.25. The maximum absolute atomic E-state index is 12.8. The number of aryl methyl sites for hydroxylation is 3. The van der Waals surface area contributed by atoms with Gasteiger partial charge in [0.05, 0.1) is 0 Å². The zero-order chi connectivity index (χ0) is 16.3. The van der Waals surface area contributed by atoms with Gasteiger partial charge >= 0.3 is 0 Å². The largest absolute Gasteiger partial charge is 0.324 e. The molecule has 1 aromatic carbocycles. The van der Waals surface area contributed by atoms with Crippen molar-refractivity contribution in [1.29, 1.82) is 0 Å². The van der Waals surface area contributed by atoms with E-state index >= 15 is 0 Å². The molecule has 1 N–H and O–H groups in total. The minimum absolute atomic E-state index is 0.0567. The van der Waals surface area contributed by atoms with Crippen LogP contribution in [0, 0.1) is 20.8 Å². The average molecular weight is 303 g/mol. The van der Waals surface area contributed by atoms with E-state index in [4.69, 9.17) is 0 Å². The van der Waals surface area contributed by atoms with Gasteiger partial charge < -0.3 is 10.2 Å². The molecule has 0 aliphatic carbocycles. The predicted molar refractivity (Wildman–Crippen MR) is 92.4 cm³/mol. The van der Waals surface area contributed by atoms with E-state index in [1.54, 1.807) is 0 Å². The molecule has 1 aromatic rings. The number of hydrogen-bond acceptors (Lipinski definition) is 3. The first-order chi connectivity index (χ1) is 10.5. The van der Waals surface area contributed by atoms with Gasteiger partial charge in [-0.15, -0.1) is 0 Å². The molecule has 0 bridgehead atoms. The Kier molecular flexibility index (Phi) is 5.59. The van der Waals surface area contributed by atoms with Gasteiger partial charge in [-0.2, -0.15) is 0 Å². The lowest BCUT2D eigenvalue weighted by Crippen LogP contribution is -2.57. The lowest BCUT2D eigenvalue weighted by atomic mass is 10.0. The van der Waals surface area contributed by atoms with Crippen LogP contribution in [0.2, 0.25) is 0 Å². The highest BCUT2D eigenvalue weighted by Crippen LogP contribution is 2.23. The molecule has 122 valence electrons. The van der Waals surface area contributed by atoms with Crippen LogP contribution in [0.15, 0.2) is 12.1 Å². The van der Waals surface area contributed by atoms with Crippen molar-refractivity contribution >= 4 is 11.6 Å². The molecule has 2 rings (SSSR count). The Labute approximate surface area is 134 Å². The third-order valence-electron chi connectivity index (χ3n) is 4.66. The summed E-state index contributed by atoms with van der Waals surface area (Å²) in [5.41, 5.74) is 4.48. The topological polar surface area (TPSA) is 35.6 Å². The molecule has 1 aliphatic rings. The lowest BCUT2D eigenvalue weighted by Gasteiger charge is -2.39. The summed E-state index contributed by atoms with van der Waals surface area (Å²) in [6.07, 6.45) is 0. The van der Waals surface area contributed by atoms with Crippen LogP contribution >= 0.6 is 0 Å². The summed E-state index contributed by atoms with van der Waals surface area (Å²) in [6, 6.07) is 4.19. The number of benzene rings is 1. The van der Waals surface area contributed by atoms with Crippen molar-refractivity contribution in [2.75, 3.05) is 38.0 Å². The minimum Gasteiger partial charge on any atom is -0.324 e. The van der Waals surface area contributed by atoms with E-state index in [0.29, 0.717) is 0 Å². The highest BCUT2D eigenvalue weighted by atomic mass is 16.2. The number of carbonyl (C=O) groups excluding carboxylic acids is 1. The molecule has 0 spiro atoms.